The zero-order chi connectivity index (χ0) is 44.4. The maximum atomic E-state index is 12.7. The van der Waals surface area contributed by atoms with Crippen molar-refractivity contribution in [3.63, 3.8) is 0 Å². The lowest BCUT2D eigenvalue weighted by Gasteiger charge is -2.18. The van der Waals surface area contributed by atoms with E-state index in [0.717, 1.165) is 70.6 Å². The predicted octanol–water partition coefficient (Wildman–Crippen LogP) is 17.8. The summed E-state index contributed by atoms with van der Waals surface area (Å²) >= 11 is 0. The Balaban J connectivity index is 4.07. The highest BCUT2D eigenvalue weighted by molar-refractivity contribution is 5.71. The van der Waals surface area contributed by atoms with Crippen LogP contribution < -0.4 is 0 Å². The highest BCUT2D eigenvalue weighted by Gasteiger charge is 2.19. The summed E-state index contributed by atoms with van der Waals surface area (Å²) in [5, 5.41) is 0. The number of hydrogen-bond donors (Lipinski definition) is 0. The van der Waals surface area contributed by atoms with Gasteiger partial charge in [0.15, 0.2) is 6.10 Å². The summed E-state index contributed by atoms with van der Waals surface area (Å²) in [5.41, 5.74) is 0. The van der Waals surface area contributed by atoms with Gasteiger partial charge < -0.3 is 14.2 Å². The third kappa shape index (κ3) is 49.0. The molecule has 360 valence electrons. The van der Waals surface area contributed by atoms with E-state index in [4.69, 9.17) is 14.2 Å². The molecule has 0 aromatic heterocycles. The Morgan fingerprint density at radius 2 is 0.574 bits per heavy atom. The van der Waals surface area contributed by atoms with Crippen molar-refractivity contribution >= 4 is 17.9 Å². The van der Waals surface area contributed by atoms with Gasteiger partial charge in [-0.2, -0.15) is 0 Å². The smallest absolute Gasteiger partial charge is 0.306 e. The molecule has 0 aliphatic heterocycles. The quantitative estimate of drug-likeness (QED) is 0.0262. The third-order valence-corrected chi connectivity index (χ3v) is 12.3. The number of ether oxygens (including phenoxy) is 3. The van der Waals surface area contributed by atoms with Crippen LogP contribution in [0.5, 0.6) is 0 Å². The first-order chi connectivity index (χ1) is 30.0. The van der Waals surface area contributed by atoms with E-state index in [1.54, 1.807) is 0 Å². The Hall–Kier alpha value is -1.85. The Morgan fingerprint density at radius 3 is 0.885 bits per heavy atom. The van der Waals surface area contributed by atoms with Crippen molar-refractivity contribution in [2.24, 2.45) is 0 Å². The molecule has 0 amide bonds. The van der Waals surface area contributed by atoms with Gasteiger partial charge in [0, 0.05) is 19.3 Å². The molecule has 0 saturated heterocycles. The largest absolute Gasteiger partial charge is 0.462 e. The highest BCUT2D eigenvalue weighted by atomic mass is 16.6. The van der Waals surface area contributed by atoms with Crippen molar-refractivity contribution in [3.8, 4) is 0 Å². The van der Waals surface area contributed by atoms with E-state index in [-0.39, 0.29) is 31.1 Å². The second-order valence-corrected chi connectivity index (χ2v) is 18.5. The minimum atomic E-state index is -0.766. The molecule has 6 nitrogen and oxygen atoms in total. The summed E-state index contributed by atoms with van der Waals surface area (Å²) in [6, 6.07) is 0. The van der Waals surface area contributed by atoms with Crippen molar-refractivity contribution in [2.75, 3.05) is 13.2 Å². The van der Waals surface area contributed by atoms with Crippen LogP contribution in [0.3, 0.4) is 0 Å². The molecule has 0 saturated carbocycles. The van der Waals surface area contributed by atoms with Crippen LogP contribution in [0.1, 0.15) is 303 Å². The maximum Gasteiger partial charge on any atom is 0.306 e. The fourth-order valence-corrected chi connectivity index (χ4v) is 8.15. The molecular weight excluding hydrogens is 757 g/mol. The average molecular weight is 861 g/mol. The van der Waals surface area contributed by atoms with Crippen LogP contribution >= 0.6 is 0 Å². The molecule has 0 bridgehead atoms. The standard InChI is InChI=1S/C55H104O6/c1-4-7-10-13-16-19-21-22-23-24-25-26-27-28-29-30-31-32-33-34-37-39-42-45-48-54(57)60-51-52(50-59-53(56)47-44-41-38-35-18-15-12-9-6-3)61-55(58)49-46-43-40-36-20-17-14-11-8-5-2/h11,14,52H,4-10,12-13,15-51H2,1-3H3/b14-11-. The second kappa shape index (κ2) is 50.8. The number of hydrogen-bond acceptors (Lipinski definition) is 6. The number of rotatable bonds is 50. The third-order valence-electron chi connectivity index (χ3n) is 12.3. The van der Waals surface area contributed by atoms with Crippen LogP contribution in [-0.4, -0.2) is 37.2 Å². The summed E-state index contributed by atoms with van der Waals surface area (Å²) in [7, 11) is 0. The monoisotopic (exact) mass is 861 g/mol. The van der Waals surface area contributed by atoms with Crippen molar-refractivity contribution in [2.45, 2.75) is 309 Å². The summed E-state index contributed by atoms with van der Waals surface area (Å²) in [4.78, 5) is 37.8. The van der Waals surface area contributed by atoms with Gasteiger partial charge in [-0.05, 0) is 38.5 Å². The summed E-state index contributed by atoms with van der Waals surface area (Å²) in [6.07, 6.45) is 56.6. The molecule has 0 aliphatic rings. The number of esters is 3. The van der Waals surface area contributed by atoms with E-state index >= 15 is 0 Å². The molecule has 1 atom stereocenters. The molecule has 0 spiro atoms. The lowest BCUT2D eigenvalue weighted by molar-refractivity contribution is -0.167. The van der Waals surface area contributed by atoms with E-state index in [2.05, 4.69) is 32.9 Å². The van der Waals surface area contributed by atoms with Crippen LogP contribution in [0, 0.1) is 0 Å². The normalized spacial score (nSPS) is 12.0. The molecule has 0 heterocycles. The van der Waals surface area contributed by atoms with Crippen LogP contribution in [-0.2, 0) is 28.6 Å². The van der Waals surface area contributed by atoms with Gasteiger partial charge >= 0.3 is 17.9 Å². The fraction of sp³-hybridized carbons (Fsp3) is 0.909. The fourth-order valence-electron chi connectivity index (χ4n) is 8.15. The van der Waals surface area contributed by atoms with Gasteiger partial charge in [-0.15, -0.1) is 0 Å². The molecule has 0 rings (SSSR count). The van der Waals surface area contributed by atoms with Gasteiger partial charge in [-0.3, -0.25) is 14.4 Å². The SMILES string of the molecule is CCC/C=C\CCCCCCCC(=O)OC(COC(=O)CCCCCCCCCCC)COC(=O)CCCCCCCCCCCCCCCCCCCCCCCCCC. The molecule has 0 fully saturated rings. The maximum absolute atomic E-state index is 12.7. The lowest BCUT2D eigenvalue weighted by atomic mass is 10.0. The van der Waals surface area contributed by atoms with Gasteiger partial charge in [0.2, 0.25) is 0 Å². The summed E-state index contributed by atoms with van der Waals surface area (Å²) in [6.45, 7) is 6.59. The molecule has 0 N–H and O–H groups in total. The van der Waals surface area contributed by atoms with Crippen LogP contribution in [0.4, 0.5) is 0 Å². The number of carbonyl (C=O) groups is 3. The zero-order valence-electron chi connectivity index (χ0n) is 41.2. The Labute approximate surface area is 380 Å². The zero-order valence-corrected chi connectivity index (χ0v) is 41.2. The molecule has 0 aromatic carbocycles. The number of carbonyl (C=O) groups excluding carboxylic acids is 3. The van der Waals surface area contributed by atoms with E-state index in [1.165, 1.54) is 193 Å². The molecule has 0 aliphatic carbocycles. The molecule has 6 heteroatoms. The van der Waals surface area contributed by atoms with Crippen molar-refractivity contribution < 1.29 is 28.6 Å². The highest BCUT2D eigenvalue weighted by Crippen LogP contribution is 2.17. The van der Waals surface area contributed by atoms with Crippen molar-refractivity contribution in [3.05, 3.63) is 12.2 Å². The molecule has 61 heavy (non-hydrogen) atoms. The number of allylic oxidation sites excluding steroid dienone is 2. The van der Waals surface area contributed by atoms with Gasteiger partial charge in [0.25, 0.3) is 0 Å². The molecule has 0 aromatic rings. The van der Waals surface area contributed by atoms with E-state index in [9.17, 15) is 14.4 Å². The van der Waals surface area contributed by atoms with Gasteiger partial charge in [-0.1, -0.05) is 258 Å². The van der Waals surface area contributed by atoms with Gasteiger partial charge in [0.1, 0.15) is 13.2 Å². The second-order valence-electron chi connectivity index (χ2n) is 18.5. The molecule has 0 radical (unpaired) electrons. The van der Waals surface area contributed by atoms with E-state index in [1.807, 2.05) is 0 Å². The topological polar surface area (TPSA) is 78.9 Å². The minimum Gasteiger partial charge on any atom is -0.462 e. The summed E-state index contributed by atoms with van der Waals surface area (Å²) in [5.74, 6) is -0.867. The summed E-state index contributed by atoms with van der Waals surface area (Å²) < 4.78 is 16.7. The molecular formula is C55H104O6. The van der Waals surface area contributed by atoms with Crippen molar-refractivity contribution in [1.29, 1.82) is 0 Å². The average Bonchev–Trinajstić information content (AvgIpc) is 3.26. The number of unbranched alkanes of at least 4 members (excludes halogenated alkanes) is 37. The van der Waals surface area contributed by atoms with E-state index < -0.39 is 6.10 Å². The van der Waals surface area contributed by atoms with Crippen LogP contribution in [0.2, 0.25) is 0 Å². The van der Waals surface area contributed by atoms with Gasteiger partial charge in [-0.25, -0.2) is 0 Å². The predicted molar refractivity (Wildman–Crippen MR) is 261 cm³/mol. The minimum absolute atomic E-state index is 0.0686. The first-order valence-electron chi connectivity index (χ1n) is 27.2. The van der Waals surface area contributed by atoms with E-state index in [0.29, 0.717) is 19.3 Å². The van der Waals surface area contributed by atoms with Gasteiger partial charge in [0.05, 0.1) is 0 Å². The first-order valence-corrected chi connectivity index (χ1v) is 27.2. The Morgan fingerprint density at radius 1 is 0.311 bits per heavy atom. The lowest BCUT2D eigenvalue weighted by Crippen LogP contribution is -2.30. The Kier molecular flexibility index (Phi) is 49.3. The Bertz CT molecular complexity index is 947. The van der Waals surface area contributed by atoms with Crippen molar-refractivity contribution in [1.82, 2.24) is 0 Å². The van der Waals surface area contributed by atoms with Crippen LogP contribution in [0.25, 0.3) is 0 Å². The van der Waals surface area contributed by atoms with Crippen LogP contribution in [0.15, 0.2) is 12.2 Å². The first kappa shape index (κ1) is 59.1. The molecule has 1 unspecified atom stereocenters.